The number of rotatable bonds is 8. The fourth-order valence-electron chi connectivity index (χ4n) is 27.6. The zero-order valence-corrected chi connectivity index (χ0v) is 50.0. The molecule has 0 nitrogen and oxygen atoms in total. The van der Waals surface area contributed by atoms with Gasteiger partial charge in [0.1, 0.15) is 0 Å². The van der Waals surface area contributed by atoms with Gasteiger partial charge in [0.2, 0.25) is 0 Å². The molecule has 72 heavy (non-hydrogen) atoms. The Kier molecular flexibility index (Phi) is 13.4. The van der Waals surface area contributed by atoms with Crippen LogP contribution in [-0.2, 0) is 0 Å². The highest BCUT2D eigenvalue weighted by Crippen LogP contribution is 2.69. The topological polar surface area (TPSA) is 0 Å². The van der Waals surface area contributed by atoms with E-state index in [1.165, 1.54) is 0 Å². The summed E-state index contributed by atoms with van der Waals surface area (Å²) in [7, 11) is 0. The van der Waals surface area contributed by atoms with Gasteiger partial charge in [0, 0.05) is 0 Å². The third-order valence-corrected chi connectivity index (χ3v) is 33.5. The van der Waals surface area contributed by atoms with E-state index in [0.717, 1.165) is 166 Å². The second-order valence-electron chi connectivity index (χ2n) is 34.5. The van der Waals surface area contributed by atoms with Crippen molar-refractivity contribution in [3.8, 4) is 0 Å². The van der Waals surface area contributed by atoms with Gasteiger partial charge in [0.15, 0.2) is 0 Å². The van der Waals surface area contributed by atoms with E-state index >= 15 is 0 Å². The summed E-state index contributed by atoms with van der Waals surface area (Å²) in [6.07, 6.45) is 43.9. The molecule has 0 heterocycles. The molecular weight excluding hydrogens is 865 g/mol. The highest BCUT2D eigenvalue weighted by atomic mass is 14.7. The Morgan fingerprint density at radius 3 is 0.556 bits per heavy atom. The van der Waals surface area contributed by atoms with Crippen LogP contribution in [0.3, 0.4) is 0 Å². The second kappa shape index (κ2) is 18.8. The molecule has 0 heteroatoms. The van der Waals surface area contributed by atoms with Gasteiger partial charge < -0.3 is 0 Å². The summed E-state index contributed by atoms with van der Waals surface area (Å²) in [6, 6.07) is 0. The average molecular weight is 986 g/mol. The minimum absolute atomic E-state index is 0.715. The lowest BCUT2D eigenvalue weighted by Gasteiger charge is -2.44. The van der Waals surface area contributed by atoms with Gasteiger partial charge in [-0.3, -0.25) is 0 Å². The summed E-state index contributed by atoms with van der Waals surface area (Å²) >= 11 is 0. The van der Waals surface area contributed by atoms with E-state index in [4.69, 9.17) is 0 Å². The van der Waals surface area contributed by atoms with Gasteiger partial charge in [-0.15, -0.1) is 0 Å². The van der Waals surface area contributed by atoms with Crippen LogP contribution in [0.4, 0.5) is 0 Å². The minimum Gasteiger partial charge on any atom is -0.0620 e. The highest BCUT2D eigenvalue weighted by Gasteiger charge is 2.61. The molecule has 32 unspecified atom stereocenters. The van der Waals surface area contributed by atoms with Gasteiger partial charge >= 0.3 is 0 Å². The van der Waals surface area contributed by atoms with E-state index in [2.05, 4.69) is 83.1 Å². The summed E-state index contributed by atoms with van der Waals surface area (Å²) in [5.41, 5.74) is 2.86. The molecule has 32 atom stereocenters. The van der Waals surface area contributed by atoms with Gasteiger partial charge in [-0.05, 0) is 367 Å². The van der Waals surface area contributed by atoms with Gasteiger partial charge in [0.05, 0.1) is 0 Å². The van der Waals surface area contributed by atoms with Crippen molar-refractivity contribution in [1.29, 1.82) is 0 Å². The van der Waals surface area contributed by atoms with Crippen LogP contribution < -0.4 is 0 Å². The van der Waals surface area contributed by atoms with E-state index in [1.54, 1.807) is 180 Å². The molecule has 16 aliphatic carbocycles. The van der Waals surface area contributed by atoms with Crippen LogP contribution in [0.5, 0.6) is 0 Å². The summed E-state index contributed by atoms with van der Waals surface area (Å²) in [5, 5.41) is 0. The first-order valence-electron chi connectivity index (χ1n) is 34.4. The van der Waals surface area contributed by atoms with Crippen LogP contribution in [0, 0.1) is 187 Å². The van der Waals surface area contributed by atoms with Crippen LogP contribution in [-0.4, -0.2) is 0 Å². The van der Waals surface area contributed by atoms with Crippen molar-refractivity contribution in [3.63, 3.8) is 0 Å². The lowest BCUT2D eigenvalue weighted by molar-refractivity contribution is 0.0499. The van der Waals surface area contributed by atoms with Crippen molar-refractivity contribution >= 4 is 0 Å². The molecule has 16 bridgehead atoms. The first-order chi connectivity index (χ1) is 34.4. The molecule has 16 rings (SSSR count). The molecule has 16 saturated carbocycles. The summed E-state index contributed by atoms with van der Waals surface area (Å²) in [6.45, 7) is 31.3. The molecule has 408 valence electrons. The monoisotopic (exact) mass is 985 g/mol. The first-order valence-corrected chi connectivity index (χ1v) is 34.4. The third kappa shape index (κ3) is 8.01. The van der Waals surface area contributed by atoms with E-state index < -0.39 is 0 Å². The van der Waals surface area contributed by atoms with Crippen molar-refractivity contribution in [1.82, 2.24) is 0 Å². The lowest BCUT2D eigenvalue weighted by Crippen LogP contribution is -2.36. The molecule has 0 aromatic rings. The zero-order chi connectivity index (χ0) is 50.0. The summed E-state index contributed by atoms with van der Waals surface area (Å²) in [5.74, 6) is 30.3. The first kappa shape index (κ1) is 51.4. The highest BCUT2D eigenvalue weighted by molar-refractivity contribution is 5.10. The number of hydrogen-bond acceptors (Lipinski definition) is 0. The molecule has 16 aliphatic rings. The van der Waals surface area contributed by atoms with E-state index in [-0.39, 0.29) is 0 Å². The predicted molar refractivity (Wildman–Crippen MR) is 305 cm³/mol. The minimum atomic E-state index is 0.715. The Bertz CT molecular complexity index is 1630. The molecule has 0 spiro atoms. The average Bonchev–Trinajstić information content (AvgIpc) is 4.19. The van der Waals surface area contributed by atoms with Gasteiger partial charge in [-0.2, -0.15) is 0 Å². The summed E-state index contributed by atoms with van der Waals surface area (Å²) in [4.78, 5) is 0. The number of fused-ring (bicyclic) bond motifs is 16. The normalized spacial score (nSPS) is 61.8. The third-order valence-electron chi connectivity index (χ3n) is 33.5. The van der Waals surface area contributed by atoms with Crippen molar-refractivity contribution < 1.29 is 0 Å². The standard InChI is InChI=1S/4C18H30/c4*1-11-13-4-5-15(8-13)17(11)10-18(3)12(2)14-6-7-16(18)9-14/h4*11-17H,4-10H2,1-3H3. The molecule has 0 amide bonds. The molecule has 0 aliphatic heterocycles. The molecule has 16 fully saturated rings. The maximum atomic E-state index is 2.67. The maximum Gasteiger partial charge on any atom is -0.0266 e. The van der Waals surface area contributed by atoms with Gasteiger partial charge in [0.25, 0.3) is 0 Å². The maximum absolute atomic E-state index is 2.67. The van der Waals surface area contributed by atoms with Crippen molar-refractivity contribution in [2.75, 3.05) is 0 Å². The molecule has 0 radical (unpaired) electrons. The number of hydrogen-bond donors (Lipinski definition) is 0. The quantitative estimate of drug-likeness (QED) is 0.227. The molecule has 0 N–H and O–H groups in total. The van der Waals surface area contributed by atoms with Crippen LogP contribution >= 0.6 is 0 Å². The zero-order valence-electron chi connectivity index (χ0n) is 50.0. The molecular formula is C72H120. The molecule has 0 saturated heterocycles. The van der Waals surface area contributed by atoms with Crippen LogP contribution in [0.15, 0.2) is 0 Å². The lowest BCUT2D eigenvalue weighted by atomic mass is 9.61. The van der Waals surface area contributed by atoms with Crippen LogP contribution in [0.25, 0.3) is 0 Å². The Labute approximate surface area is 448 Å². The smallest absolute Gasteiger partial charge is 0.0266 e. The van der Waals surface area contributed by atoms with Crippen LogP contribution in [0.2, 0.25) is 0 Å². The Morgan fingerprint density at radius 1 is 0.222 bits per heavy atom. The van der Waals surface area contributed by atoms with Gasteiger partial charge in [-0.1, -0.05) is 83.1 Å². The fraction of sp³-hybridized carbons (Fsp3) is 1.00. The van der Waals surface area contributed by atoms with Crippen molar-refractivity contribution in [3.05, 3.63) is 0 Å². The van der Waals surface area contributed by atoms with Gasteiger partial charge in [-0.25, -0.2) is 0 Å². The van der Waals surface area contributed by atoms with E-state index in [9.17, 15) is 0 Å². The molecule has 0 aromatic heterocycles. The van der Waals surface area contributed by atoms with Crippen molar-refractivity contribution in [2.24, 2.45) is 187 Å². The second-order valence-corrected chi connectivity index (χ2v) is 34.5. The van der Waals surface area contributed by atoms with E-state index in [1.807, 2.05) is 0 Å². The SMILES string of the molecule is CC1C2CCC(C2)C1CC1(C)C2CCC(C2)C1C.CC1C2CCC(C2)C1CC1(C)C2CCC(C2)C1C.CC1C2CCC(C2)C1CC1(C)C2CCC(C2)C1C.CC1C2CCC(C2)C1CC1(C)C2CCC(C2)C1C. The largest absolute Gasteiger partial charge is 0.0620 e. The van der Waals surface area contributed by atoms with Crippen molar-refractivity contribution in [2.45, 2.75) is 263 Å². The Balaban J connectivity index is 0.0000000933. The summed E-state index contributed by atoms with van der Waals surface area (Å²) < 4.78 is 0. The van der Waals surface area contributed by atoms with Crippen LogP contribution in [0.1, 0.15) is 263 Å². The molecule has 0 aromatic carbocycles. The predicted octanol–water partition coefficient (Wildman–Crippen LogP) is 20.5. The van der Waals surface area contributed by atoms with E-state index in [0.29, 0.717) is 21.7 Å². The Hall–Kier alpha value is 0. The fourth-order valence-corrected chi connectivity index (χ4v) is 27.6. The Morgan fingerprint density at radius 2 is 0.403 bits per heavy atom.